The lowest BCUT2D eigenvalue weighted by Gasteiger charge is -2.45. The second-order valence-corrected chi connectivity index (χ2v) is 26.2. The summed E-state index contributed by atoms with van der Waals surface area (Å²) in [5, 5.41) is 15.6. The van der Waals surface area contributed by atoms with Crippen molar-refractivity contribution < 1.29 is 14.0 Å². The van der Waals surface area contributed by atoms with E-state index in [2.05, 4.69) is 81.2 Å². The number of amides is 1. The van der Waals surface area contributed by atoms with Gasteiger partial charge in [-0.1, -0.05) is 77.2 Å². The number of ether oxygens (including phenoxy) is 1. The van der Waals surface area contributed by atoms with Gasteiger partial charge in [-0.05, 0) is 61.8 Å². The van der Waals surface area contributed by atoms with Crippen LogP contribution in [0.25, 0.3) is 0 Å². The molecule has 1 fully saturated rings. The molecular formula is C34H53N5O3Si2. The summed E-state index contributed by atoms with van der Waals surface area (Å²) >= 11 is 0. The number of anilines is 1. The normalized spacial score (nSPS) is 20.7. The Hall–Kier alpha value is -2.54. The average molecular weight is 636 g/mol. The number of fused-ring (bicyclic) bond motifs is 1. The number of H-pyrrole nitrogens is 1. The number of carbonyl (C=O) groups is 1. The van der Waals surface area contributed by atoms with Gasteiger partial charge in [-0.15, -0.1) is 0 Å². The van der Waals surface area contributed by atoms with E-state index in [0.717, 1.165) is 60.7 Å². The molecule has 1 spiro atoms. The number of nitrogens with one attached hydrogen (secondary N) is 2. The van der Waals surface area contributed by atoms with Crippen LogP contribution in [0.2, 0.25) is 43.8 Å². The van der Waals surface area contributed by atoms with Gasteiger partial charge in [-0.2, -0.15) is 10.2 Å². The quantitative estimate of drug-likeness (QED) is 0.166. The molecule has 1 amide bonds. The third-order valence-corrected chi connectivity index (χ3v) is 16.4. The molecule has 2 heterocycles. The van der Waals surface area contributed by atoms with Gasteiger partial charge in [0.15, 0.2) is 14.0 Å². The second kappa shape index (κ2) is 12.7. The van der Waals surface area contributed by atoms with Crippen LogP contribution in [0.5, 0.6) is 0 Å². The maximum Gasteiger partial charge on any atom is 0.276 e. The first-order valence-electron chi connectivity index (χ1n) is 16.4. The number of aromatic amines is 1. The molecule has 0 bridgehead atoms. The summed E-state index contributed by atoms with van der Waals surface area (Å²) in [5.74, 6) is -0.186. The van der Waals surface area contributed by atoms with Crippen molar-refractivity contribution >= 4 is 28.0 Å². The average Bonchev–Trinajstić information content (AvgIpc) is 3.64. The van der Waals surface area contributed by atoms with Gasteiger partial charge < -0.3 is 14.5 Å². The molecule has 44 heavy (non-hydrogen) atoms. The fraction of sp³-hybridized carbons (Fsp3) is 0.618. The molecule has 5 rings (SSSR count). The van der Waals surface area contributed by atoms with Crippen LogP contribution in [0.3, 0.4) is 0 Å². The summed E-state index contributed by atoms with van der Waals surface area (Å²) in [6.45, 7) is 19.9. The maximum absolute atomic E-state index is 13.9. The molecule has 2 unspecified atom stereocenters. The topological polar surface area (TPSA) is 94.1 Å². The van der Waals surface area contributed by atoms with Gasteiger partial charge >= 0.3 is 0 Å². The van der Waals surface area contributed by atoms with Crippen LogP contribution in [0.4, 0.5) is 5.69 Å². The predicted octanol–water partition coefficient (Wildman–Crippen LogP) is 7.81. The van der Waals surface area contributed by atoms with E-state index in [1.807, 2.05) is 22.9 Å². The van der Waals surface area contributed by atoms with Crippen molar-refractivity contribution in [2.24, 2.45) is 5.41 Å². The van der Waals surface area contributed by atoms with Gasteiger partial charge in [-0.25, -0.2) is 4.68 Å². The Balaban J connectivity index is 1.40. The molecule has 1 aromatic carbocycles. The van der Waals surface area contributed by atoms with E-state index in [1.54, 1.807) is 6.20 Å². The Morgan fingerprint density at radius 3 is 2.59 bits per heavy atom. The number of benzene rings is 1. The largest absolute Gasteiger partial charge is 0.413 e. The van der Waals surface area contributed by atoms with E-state index in [9.17, 15) is 4.79 Å². The molecule has 1 saturated carbocycles. The van der Waals surface area contributed by atoms with Crippen molar-refractivity contribution in [2.75, 3.05) is 11.9 Å². The van der Waals surface area contributed by atoms with Gasteiger partial charge in [0, 0.05) is 44.0 Å². The Morgan fingerprint density at radius 2 is 1.89 bits per heavy atom. The van der Waals surface area contributed by atoms with E-state index in [1.165, 1.54) is 6.42 Å². The lowest BCUT2D eigenvalue weighted by atomic mass is 9.70. The fourth-order valence-electron chi connectivity index (χ4n) is 6.45. The summed E-state index contributed by atoms with van der Waals surface area (Å²) in [6.07, 6.45) is 8.83. The molecule has 0 radical (unpaired) electrons. The first kappa shape index (κ1) is 32.8. The zero-order valence-electron chi connectivity index (χ0n) is 28.2. The number of hydrogen-bond donors (Lipinski definition) is 2. The minimum absolute atomic E-state index is 0.0831. The van der Waals surface area contributed by atoms with Crippen LogP contribution >= 0.6 is 0 Å². The van der Waals surface area contributed by atoms with Crippen molar-refractivity contribution in [3.05, 3.63) is 64.7 Å². The van der Waals surface area contributed by atoms with Crippen molar-refractivity contribution in [2.45, 2.75) is 122 Å². The van der Waals surface area contributed by atoms with Crippen LogP contribution in [0, 0.1) is 5.41 Å². The molecule has 8 nitrogen and oxygen atoms in total. The summed E-state index contributed by atoms with van der Waals surface area (Å²) in [6, 6.07) is 11.3. The number of rotatable bonds is 11. The molecule has 10 heteroatoms. The smallest absolute Gasteiger partial charge is 0.276 e. The first-order valence-corrected chi connectivity index (χ1v) is 23.0. The highest BCUT2D eigenvalue weighted by Crippen LogP contribution is 2.52. The van der Waals surface area contributed by atoms with Gasteiger partial charge in [0.25, 0.3) is 5.91 Å². The summed E-state index contributed by atoms with van der Waals surface area (Å²) in [7, 11) is -3.15. The molecule has 2 atom stereocenters. The number of nitrogens with zero attached hydrogens (tertiary/aromatic N) is 3. The molecule has 240 valence electrons. The number of aromatic nitrogens is 4. The van der Waals surface area contributed by atoms with Gasteiger partial charge in [0.1, 0.15) is 6.73 Å². The predicted molar refractivity (Wildman–Crippen MR) is 182 cm³/mol. The molecule has 0 aliphatic heterocycles. The summed E-state index contributed by atoms with van der Waals surface area (Å²) in [4.78, 5) is 13.9. The van der Waals surface area contributed by atoms with E-state index >= 15 is 0 Å². The Kier molecular flexibility index (Phi) is 9.47. The Bertz CT molecular complexity index is 1440. The summed E-state index contributed by atoms with van der Waals surface area (Å²) in [5.41, 5.74) is 5.45. The molecule has 0 saturated heterocycles. The molecule has 2 aliphatic carbocycles. The number of carbonyl (C=O) groups excluding carboxylic acids is 1. The highest BCUT2D eigenvalue weighted by molar-refractivity contribution is 6.76. The van der Waals surface area contributed by atoms with Crippen molar-refractivity contribution in [3.63, 3.8) is 0 Å². The van der Waals surface area contributed by atoms with E-state index < -0.39 is 16.4 Å². The summed E-state index contributed by atoms with van der Waals surface area (Å²) < 4.78 is 15.3. The molecule has 3 aromatic rings. The highest BCUT2D eigenvalue weighted by Gasteiger charge is 2.51. The van der Waals surface area contributed by atoms with Gasteiger partial charge in [0.2, 0.25) is 0 Å². The van der Waals surface area contributed by atoms with Crippen molar-refractivity contribution in [3.8, 4) is 0 Å². The molecule has 2 N–H and O–H groups in total. The monoisotopic (exact) mass is 635 g/mol. The van der Waals surface area contributed by atoms with Crippen LogP contribution in [-0.4, -0.2) is 55.0 Å². The Labute approximate surface area is 265 Å². The van der Waals surface area contributed by atoms with Crippen LogP contribution in [-0.2, 0) is 35.2 Å². The molecule has 2 aromatic heterocycles. The SMILES string of the molecule is CC(C)(C)[Si](C)(C)OC1CCCC12CCc1c(C(=O)Nc3c[nH]nc3Cc3ccccc3)nn(COCC[Si](C)(C)C)c1C2. The minimum atomic E-state index is -1.93. The Morgan fingerprint density at radius 1 is 1.14 bits per heavy atom. The zero-order valence-corrected chi connectivity index (χ0v) is 30.2. The standard InChI is InChI=1S/C34H53N5O3Si2/c1-33(2,3)44(7,8)42-30-15-12-17-34(30)18-16-26-29(22-34)39(24-41-19-20-43(4,5)6)38-31(26)32(40)36-28-23-35-37-27(28)21-25-13-10-9-11-14-25/h9-11,13-14,23,30H,12,15-22,24H2,1-8H3,(H,35,37)(H,36,40). The third kappa shape index (κ3) is 7.29. The third-order valence-electron chi connectivity index (χ3n) is 10.2. The van der Waals surface area contributed by atoms with Gasteiger partial charge in [0.05, 0.1) is 17.5 Å². The van der Waals surface area contributed by atoms with E-state index in [4.69, 9.17) is 14.3 Å². The van der Waals surface area contributed by atoms with Crippen LogP contribution in [0.15, 0.2) is 36.5 Å². The first-order chi connectivity index (χ1) is 20.7. The zero-order chi connectivity index (χ0) is 31.8. The minimum Gasteiger partial charge on any atom is -0.413 e. The van der Waals surface area contributed by atoms with Crippen molar-refractivity contribution in [1.29, 1.82) is 0 Å². The fourth-order valence-corrected chi connectivity index (χ4v) is 8.64. The highest BCUT2D eigenvalue weighted by atomic mass is 28.4. The molecular weight excluding hydrogens is 583 g/mol. The molecule has 2 aliphatic rings. The van der Waals surface area contributed by atoms with Gasteiger partial charge in [-0.3, -0.25) is 9.89 Å². The lowest BCUT2D eigenvalue weighted by Crippen LogP contribution is -2.49. The maximum atomic E-state index is 13.9. The second-order valence-electron chi connectivity index (χ2n) is 15.8. The lowest BCUT2D eigenvalue weighted by molar-refractivity contribution is 0.0420. The van der Waals surface area contributed by atoms with Crippen molar-refractivity contribution in [1.82, 2.24) is 20.0 Å². The van der Waals surface area contributed by atoms with Crippen LogP contribution in [0.1, 0.15) is 79.5 Å². The number of hydrogen-bond acceptors (Lipinski definition) is 5. The van der Waals surface area contributed by atoms with E-state index in [-0.39, 0.29) is 22.5 Å². The van der Waals surface area contributed by atoms with Crippen LogP contribution < -0.4 is 5.32 Å². The van der Waals surface area contributed by atoms with E-state index in [0.29, 0.717) is 31.1 Å².